The highest BCUT2D eigenvalue weighted by atomic mass is 31.1. The predicted molar refractivity (Wildman–Crippen MR) is 47.0 cm³/mol. The molecule has 0 bridgehead atoms. The fraction of sp³-hybridized carbons (Fsp3) is 0. The molecule has 3 nitrogen and oxygen atoms in total. The third-order valence-corrected chi connectivity index (χ3v) is 1.95. The molecule has 1 aromatic rings. The molecule has 0 aliphatic heterocycles. The Morgan fingerprint density at radius 1 is 1.36 bits per heavy atom. The van der Waals surface area contributed by atoms with E-state index >= 15 is 0 Å². The standard InChI is InChI=1S/C6H7NO2P2/c8-10-7-11-9-6-4-2-1-3-5-6/h1-5,8,10H. The Hall–Kier alpha value is -0.490. The van der Waals surface area contributed by atoms with Gasteiger partial charge in [-0.25, -0.2) is 0 Å². The summed E-state index contributed by atoms with van der Waals surface area (Å²) in [6, 6.07) is 9.35. The number of hydrogen-bond acceptors (Lipinski definition) is 3. The first-order valence-electron chi connectivity index (χ1n) is 2.94. The van der Waals surface area contributed by atoms with Crippen molar-refractivity contribution in [1.82, 2.24) is 0 Å². The zero-order valence-corrected chi connectivity index (χ0v) is 7.53. The predicted octanol–water partition coefficient (Wildman–Crippen LogP) is 2.61. The Morgan fingerprint density at radius 2 is 2.09 bits per heavy atom. The molecular formula is C6H7NO2P2. The molecule has 11 heavy (non-hydrogen) atoms. The molecule has 0 spiro atoms. The van der Waals surface area contributed by atoms with Crippen LogP contribution in [0.1, 0.15) is 0 Å². The fourth-order valence-corrected chi connectivity index (χ4v) is 1.09. The second-order valence-electron chi connectivity index (χ2n) is 1.69. The van der Waals surface area contributed by atoms with Crippen LogP contribution in [-0.2, 0) is 0 Å². The van der Waals surface area contributed by atoms with Gasteiger partial charge in [-0.1, -0.05) is 18.2 Å². The summed E-state index contributed by atoms with van der Waals surface area (Å²) >= 11 is 0. The third kappa shape index (κ3) is 3.43. The molecule has 1 rings (SSSR count). The van der Waals surface area contributed by atoms with Crippen LogP contribution in [0.3, 0.4) is 0 Å². The maximum absolute atomic E-state index is 8.32. The third-order valence-electron chi connectivity index (χ3n) is 0.975. The summed E-state index contributed by atoms with van der Waals surface area (Å²) in [5, 5.41) is 0. The van der Waals surface area contributed by atoms with Gasteiger partial charge in [-0.15, -0.1) is 0 Å². The second-order valence-corrected chi connectivity index (χ2v) is 3.03. The van der Waals surface area contributed by atoms with Gasteiger partial charge in [0.1, 0.15) is 14.7 Å². The highest BCUT2D eigenvalue weighted by Gasteiger charge is 1.85. The molecule has 0 aliphatic carbocycles. The summed E-state index contributed by atoms with van der Waals surface area (Å²) in [6.07, 6.45) is 0. The molecule has 1 unspecified atom stereocenters. The molecule has 58 valence electrons. The number of para-hydroxylation sites is 1. The first-order valence-corrected chi connectivity index (χ1v) is 4.60. The van der Waals surface area contributed by atoms with Gasteiger partial charge in [0.15, 0.2) is 0 Å². The first-order chi connectivity index (χ1) is 5.43. The van der Waals surface area contributed by atoms with E-state index in [0.29, 0.717) is 8.60 Å². The van der Waals surface area contributed by atoms with Gasteiger partial charge in [-0.05, 0) is 12.1 Å². The van der Waals surface area contributed by atoms with Gasteiger partial charge in [0, 0.05) is 0 Å². The van der Waals surface area contributed by atoms with Crippen molar-refractivity contribution in [2.45, 2.75) is 0 Å². The highest BCUT2D eigenvalue weighted by Crippen LogP contribution is 2.19. The van der Waals surface area contributed by atoms with E-state index in [4.69, 9.17) is 9.42 Å². The van der Waals surface area contributed by atoms with Gasteiger partial charge < -0.3 is 9.42 Å². The zero-order valence-electron chi connectivity index (χ0n) is 5.64. The van der Waals surface area contributed by atoms with E-state index < -0.39 is 8.96 Å². The minimum absolute atomic E-state index is 0.403. The Kier molecular flexibility index (Phi) is 4.07. The van der Waals surface area contributed by atoms with Gasteiger partial charge >= 0.3 is 0 Å². The molecule has 0 amide bonds. The molecule has 0 saturated carbocycles. The van der Waals surface area contributed by atoms with E-state index in [2.05, 4.69) is 4.52 Å². The number of hydrogen-bond donors (Lipinski definition) is 1. The summed E-state index contributed by atoms with van der Waals surface area (Å²) in [7, 11) is 0.0425. The molecule has 1 aromatic carbocycles. The lowest BCUT2D eigenvalue weighted by Gasteiger charge is -1.93. The van der Waals surface area contributed by atoms with Crippen LogP contribution >= 0.6 is 17.6 Å². The van der Waals surface area contributed by atoms with Crippen LogP contribution < -0.4 is 4.52 Å². The van der Waals surface area contributed by atoms with Crippen molar-refractivity contribution in [3.05, 3.63) is 30.3 Å². The van der Waals surface area contributed by atoms with Crippen molar-refractivity contribution in [2.75, 3.05) is 0 Å². The molecule has 0 aromatic heterocycles. The van der Waals surface area contributed by atoms with Crippen molar-refractivity contribution in [3.8, 4) is 5.75 Å². The van der Waals surface area contributed by atoms with E-state index in [9.17, 15) is 0 Å². The second kappa shape index (κ2) is 5.20. The highest BCUT2D eigenvalue weighted by molar-refractivity contribution is 7.38. The van der Waals surface area contributed by atoms with Gasteiger partial charge in [0.05, 0.1) is 0 Å². The van der Waals surface area contributed by atoms with Gasteiger partial charge in [0.2, 0.25) is 8.60 Å². The van der Waals surface area contributed by atoms with E-state index in [1.165, 1.54) is 0 Å². The van der Waals surface area contributed by atoms with Crippen LogP contribution in [-0.4, -0.2) is 4.89 Å². The Labute approximate surface area is 68.3 Å². The van der Waals surface area contributed by atoms with Gasteiger partial charge in [-0.3, -0.25) is 0 Å². The van der Waals surface area contributed by atoms with Gasteiger partial charge in [0.25, 0.3) is 0 Å². The molecule has 5 heteroatoms. The normalized spacial score (nSPS) is 11.4. The molecule has 1 N–H and O–H groups in total. The van der Waals surface area contributed by atoms with Crippen LogP contribution in [0.4, 0.5) is 0 Å². The molecular weight excluding hydrogens is 180 g/mol. The fourth-order valence-electron chi connectivity index (χ4n) is 0.567. The van der Waals surface area contributed by atoms with E-state index in [0.717, 1.165) is 5.75 Å². The topological polar surface area (TPSA) is 41.8 Å². The zero-order chi connectivity index (χ0) is 7.94. The summed E-state index contributed by atoms with van der Waals surface area (Å²) in [4.78, 5) is 8.32. The minimum Gasteiger partial charge on any atom is -0.423 e. The number of nitrogens with zero attached hydrogens (tertiary/aromatic N) is 1. The number of benzene rings is 1. The van der Waals surface area contributed by atoms with Crippen LogP contribution in [0.15, 0.2) is 34.8 Å². The van der Waals surface area contributed by atoms with E-state index in [1.807, 2.05) is 30.3 Å². The minimum atomic E-state index is -0.403. The summed E-state index contributed by atoms with van der Waals surface area (Å²) in [5.41, 5.74) is 0. The smallest absolute Gasteiger partial charge is 0.248 e. The van der Waals surface area contributed by atoms with Crippen molar-refractivity contribution >= 4 is 17.6 Å². The van der Waals surface area contributed by atoms with Crippen LogP contribution in [0.2, 0.25) is 0 Å². The van der Waals surface area contributed by atoms with Gasteiger partial charge in [-0.2, -0.15) is 4.52 Å². The molecule has 0 fully saturated rings. The molecule has 0 radical (unpaired) electrons. The largest absolute Gasteiger partial charge is 0.423 e. The lowest BCUT2D eigenvalue weighted by atomic mass is 10.3. The lowest BCUT2D eigenvalue weighted by Crippen LogP contribution is -1.70. The van der Waals surface area contributed by atoms with Crippen LogP contribution in [0, 0.1) is 0 Å². The maximum Gasteiger partial charge on any atom is 0.248 e. The first kappa shape index (κ1) is 8.61. The monoisotopic (exact) mass is 187 g/mol. The summed E-state index contributed by atoms with van der Waals surface area (Å²) in [6.45, 7) is 0. The quantitative estimate of drug-likeness (QED) is 0.739. The van der Waals surface area contributed by atoms with Crippen LogP contribution in [0.5, 0.6) is 5.75 Å². The summed E-state index contributed by atoms with van der Waals surface area (Å²) < 4.78 is 8.70. The van der Waals surface area contributed by atoms with Crippen molar-refractivity contribution in [3.63, 3.8) is 0 Å². The average Bonchev–Trinajstić information content (AvgIpc) is 2.07. The average molecular weight is 187 g/mol. The molecule has 0 aliphatic rings. The van der Waals surface area contributed by atoms with Crippen molar-refractivity contribution in [1.29, 1.82) is 0 Å². The summed E-state index contributed by atoms with van der Waals surface area (Å²) in [5.74, 6) is 0.760. The lowest BCUT2D eigenvalue weighted by molar-refractivity contribution is 0.633. The number of rotatable bonds is 3. The van der Waals surface area contributed by atoms with E-state index in [1.54, 1.807) is 0 Å². The molecule has 1 atom stereocenters. The Bertz CT molecular complexity index is 227. The Morgan fingerprint density at radius 3 is 2.73 bits per heavy atom. The maximum atomic E-state index is 8.32. The SMILES string of the molecule is OPN=POc1ccccc1. The molecule has 0 heterocycles. The Balaban J connectivity index is 2.45. The van der Waals surface area contributed by atoms with E-state index in [-0.39, 0.29) is 0 Å². The van der Waals surface area contributed by atoms with Crippen LogP contribution in [0.25, 0.3) is 0 Å². The van der Waals surface area contributed by atoms with Crippen molar-refractivity contribution in [2.24, 2.45) is 4.52 Å². The molecule has 0 saturated heterocycles. The van der Waals surface area contributed by atoms with Crippen molar-refractivity contribution < 1.29 is 9.42 Å².